The minimum absolute atomic E-state index is 0.134. The average molecular weight is 479 g/mol. The van der Waals surface area contributed by atoms with Gasteiger partial charge in [-0.05, 0) is 30.9 Å². The molecule has 0 spiro atoms. The minimum atomic E-state index is -4.84. The van der Waals surface area contributed by atoms with Crippen molar-refractivity contribution in [3.05, 3.63) is 41.6 Å². The number of aromatic nitrogens is 5. The number of anilines is 1. The molecular weight excluding hydrogens is 458 g/mol. The van der Waals surface area contributed by atoms with Crippen molar-refractivity contribution in [3.8, 4) is 11.4 Å². The van der Waals surface area contributed by atoms with Crippen LogP contribution >= 0.6 is 0 Å². The number of hydrogen-bond donors (Lipinski definition) is 1. The van der Waals surface area contributed by atoms with E-state index in [0.29, 0.717) is 36.6 Å². The fourth-order valence-electron chi connectivity index (χ4n) is 5.16. The van der Waals surface area contributed by atoms with Gasteiger partial charge < -0.3 is 14.6 Å². The van der Waals surface area contributed by atoms with Crippen LogP contribution in [0, 0.1) is 18.7 Å². The number of fused-ring (bicyclic) bond motifs is 2. The van der Waals surface area contributed by atoms with Crippen molar-refractivity contribution in [2.75, 3.05) is 5.32 Å². The second-order valence-corrected chi connectivity index (χ2v) is 8.98. The van der Waals surface area contributed by atoms with Gasteiger partial charge in [-0.2, -0.15) is 18.3 Å². The summed E-state index contributed by atoms with van der Waals surface area (Å²) in [5.41, 5.74) is -2.91. The topological polar surface area (TPSA) is 102 Å². The van der Waals surface area contributed by atoms with E-state index in [9.17, 15) is 22.4 Å². The van der Waals surface area contributed by atoms with Gasteiger partial charge >= 0.3 is 12.2 Å². The number of urea groups is 1. The lowest BCUT2D eigenvalue weighted by atomic mass is 9.64. The van der Waals surface area contributed by atoms with Gasteiger partial charge in [0.05, 0.1) is 11.3 Å². The Bertz CT molecular complexity index is 1270. The molecule has 2 aromatic heterocycles. The Balaban J connectivity index is 1.50. The molecule has 2 fully saturated rings. The highest BCUT2D eigenvalue weighted by Gasteiger charge is 2.62. The van der Waals surface area contributed by atoms with Crippen LogP contribution < -0.4 is 5.32 Å². The summed E-state index contributed by atoms with van der Waals surface area (Å²) in [7, 11) is 1.50. The maximum Gasteiger partial charge on any atom is 0.417 e. The number of piperidine rings is 1. The summed E-state index contributed by atoms with van der Waals surface area (Å²) in [6.45, 7) is 3.70. The summed E-state index contributed by atoms with van der Waals surface area (Å²) in [5.74, 6) is -0.513. The third kappa shape index (κ3) is 3.49. The third-order valence-corrected chi connectivity index (χ3v) is 6.40. The lowest BCUT2D eigenvalue weighted by Crippen LogP contribution is -2.70. The van der Waals surface area contributed by atoms with E-state index in [1.54, 1.807) is 6.92 Å². The summed E-state index contributed by atoms with van der Waals surface area (Å²) in [5, 5.41) is 14.3. The third-order valence-electron chi connectivity index (χ3n) is 6.40. The van der Waals surface area contributed by atoms with Gasteiger partial charge in [0.1, 0.15) is 17.7 Å². The molecule has 180 valence electrons. The fourth-order valence-corrected chi connectivity index (χ4v) is 5.16. The van der Waals surface area contributed by atoms with E-state index >= 15 is 0 Å². The van der Waals surface area contributed by atoms with Crippen molar-refractivity contribution in [3.63, 3.8) is 0 Å². The smallest absolute Gasteiger partial charge is 0.417 e. The van der Waals surface area contributed by atoms with E-state index in [2.05, 4.69) is 32.5 Å². The van der Waals surface area contributed by atoms with Gasteiger partial charge in [-0.25, -0.2) is 14.2 Å². The zero-order valence-corrected chi connectivity index (χ0v) is 18.5. The zero-order valence-electron chi connectivity index (χ0n) is 18.5. The van der Waals surface area contributed by atoms with E-state index in [-0.39, 0.29) is 11.9 Å². The van der Waals surface area contributed by atoms with Crippen LogP contribution in [0.5, 0.6) is 0 Å². The molecule has 2 amide bonds. The molecule has 13 heteroatoms. The molecule has 34 heavy (non-hydrogen) atoms. The first-order valence-corrected chi connectivity index (χ1v) is 10.7. The molecule has 3 atom stereocenters. The van der Waals surface area contributed by atoms with Gasteiger partial charge in [0.15, 0.2) is 5.82 Å². The number of alkyl halides is 3. The Kier molecular flexibility index (Phi) is 4.92. The van der Waals surface area contributed by atoms with Crippen LogP contribution in [0.4, 0.5) is 28.0 Å². The van der Waals surface area contributed by atoms with Crippen LogP contribution in [0.25, 0.3) is 11.4 Å². The largest absolute Gasteiger partial charge is 0.423 e. The SMILES string of the molecule is Cc1nnc([C@]23C[C@@H](C)C[C@H](C2)N3C(=O)Nc2cc(-c3ncn(C)n3)c(C(F)(F)F)cc2F)o1. The summed E-state index contributed by atoms with van der Waals surface area (Å²) >= 11 is 0. The standard InChI is InChI=1S/C21H21F4N7O2/c1-10-4-12-8-20(7-10,18-29-28-11(2)34-18)32(12)19(33)27-16-5-13(17-26-9-31(3)30-17)14(6-15(16)22)21(23,24)25/h5-6,9-10,12H,4,7-8H2,1-3H3,(H,27,33)/t10-,12+,20-/m0/s1. The molecule has 1 aromatic carbocycles. The first kappa shape index (κ1) is 22.3. The summed E-state index contributed by atoms with van der Waals surface area (Å²) in [6.07, 6.45) is -1.68. The van der Waals surface area contributed by atoms with Gasteiger partial charge in [-0.1, -0.05) is 6.92 Å². The molecule has 1 saturated carbocycles. The van der Waals surface area contributed by atoms with Crippen LogP contribution in [0.3, 0.4) is 0 Å². The molecule has 9 nitrogen and oxygen atoms in total. The summed E-state index contributed by atoms with van der Waals surface area (Å²) in [4.78, 5) is 18.7. The average Bonchev–Trinajstić information content (AvgIpc) is 3.36. The first-order chi connectivity index (χ1) is 16.0. The monoisotopic (exact) mass is 479 g/mol. The van der Waals surface area contributed by atoms with Crippen molar-refractivity contribution >= 4 is 11.7 Å². The van der Waals surface area contributed by atoms with Crippen molar-refractivity contribution < 1.29 is 26.8 Å². The number of amides is 2. The maximum absolute atomic E-state index is 14.8. The Morgan fingerprint density at radius 2 is 2.03 bits per heavy atom. The number of aryl methyl sites for hydroxylation is 2. The molecule has 3 aromatic rings. The highest BCUT2D eigenvalue weighted by Crippen LogP contribution is 2.55. The molecule has 1 aliphatic carbocycles. The maximum atomic E-state index is 14.8. The Hall–Kier alpha value is -3.51. The van der Waals surface area contributed by atoms with Crippen molar-refractivity contribution in [1.82, 2.24) is 29.9 Å². The van der Waals surface area contributed by atoms with Crippen molar-refractivity contribution in [1.29, 1.82) is 0 Å². The first-order valence-electron chi connectivity index (χ1n) is 10.7. The van der Waals surface area contributed by atoms with Gasteiger partial charge in [0.2, 0.25) is 11.8 Å². The van der Waals surface area contributed by atoms with E-state index in [0.717, 1.165) is 12.5 Å². The number of rotatable bonds is 3. The summed E-state index contributed by atoms with van der Waals surface area (Å²) in [6, 6.07) is 0.466. The van der Waals surface area contributed by atoms with E-state index < -0.39 is 40.4 Å². The van der Waals surface area contributed by atoms with E-state index in [1.807, 2.05) is 0 Å². The molecular formula is C21H21F4N7O2. The van der Waals surface area contributed by atoms with E-state index in [1.165, 1.54) is 23.0 Å². The quantitative estimate of drug-likeness (QED) is 0.563. The highest BCUT2D eigenvalue weighted by atomic mass is 19.4. The number of likely N-dealkylation sites (tertiary alicyclic amines) is 1. The number of nitrogens with one attached hydrogen (secondary N) is 1. The van der Waals surface area contributed by atoms with Crippen LogP contribution in [-0.4, -0.2) is 41.9 Å². The van der Waals surface area contributed by atoms with Crippen molar-refractivity contribution in [2.45, 2.75) is 50.9 Å². The number of halogens is 4. The molecule has 1 aliphatic heterocycles. The normalized spacial score (nSPS) is 24.1. The van der Waals surface area contributed by atoms with Crippen LogP contribution in [0.2, 0.25) is 0 Å². The predicted octanol–water partition coefficient (Wildman–Crippen LogP) is 4.26. The van der Waals surface area contributed by atoms with Gasteiger partial charge in [-0.15, -0.1) is 10.2 Å². The molecule has 2 bridgehead atoms. The van der Waals surface area contributed by atoms with Crippen LogP contribution in [0.1, 0.15) is 43.5 Å². The van der Waals surface area contributed by atoms with Crippen molar-refractivity contribution in [2.24, 2.45) is 13.0 Å². The number of hydrogen-bond acceptors (Lipinski definition) is 6. The lowest BCUT2D eigenvalue weighted by molar-refractivity contribution is -0.137. The van der Waals surface area contributed by atoms with Crippen LogP contribution in [0.15, 0.2) is 22.9 Å². The number of benzene rings is 1. The molecule has 1 saturated heterocycles. The van der Waals surface area contributed by atoms with Gasteiger partial charge in [-0.3, -0.25) is 4.68 Å². The molecule has 0 unspecified atom stereocenters. The molecule has 2 aliphatic rings. The Morgan fingerprint density at radius 3 is 2.65 bits per heavy atom. The molecule has 0 radical (unpaired) electrons. The second kappa shape index (κ2) is 7.50. The molecule has 5 rings (SSSR count). The predicted molar refractivity (Wildman–Crippen MR) is 110 cm³/mol. The minimum Gasteiger partial charge on any atom is -0.423 e. The van der Waals surface area contributed by atoms with Gasteiger partial charge in [0, 0.05) is 32.0 Å². The van der Waals surface area contributed by atoms with Gasteiger partial charge in [0.25, 0.3) is 0 Å². The fraction of sp³-hybridized carbons (Fsp3) is 0.476. The molecule has 3 heterocycles. The number of carbonyl (C=O) groups is 1. The van der Waals surface area contributed by atoms with Crippen LogP contribution in [-0.2, 0) is 18.8 Å². The zero-order chi connectivity index (χ0) is 24.4. The number of carbonyl (C=O) groups excluding carboxylic acids is 1. The number of nitrogens with zero attached hydrogens (tertiary/aromatic N) is 6. The highest BCUT2D eigenvalue weighted by molar-refractivity contribution is 5.92. The lowest BCUT2D eigenvalue weighted by Gasteiger charge is -2.61. The van der Waals surface area contributed by atoms with E-state index in [4.69, 9.17) is 4.42 Å². The Labute approximate surface area is 191 Å². The second-order valence-electron chi connectivity index (χ2n) is 8.98. The molecule has 1 N–H and O–H groups in total. The summed E-state index contributed by atoms with van der Waals surface area (Å²) < 4.78 is 62.4. The Morgan fingerprint density at radius 1 is 1.26 bits per heavy atom.